The number of nitrogens with one attached hydrogen (secondary N) is 1. The molecule has 1 aromatic heterocycles. The zero-order valence-corrected chi connectivity index (χ0v) is 17.1. The molecule has 3 aromatic rings. The van der Waals surface area contributed by atoms with E-state index in [9.17, 15) is 14.7 Å². The van der Waals surface area contributed by atoms with Crippen LogP contribution in [0.4, 0.5) is 0 Å². The van der Waals surface area contributed by atoms with Gasteiger partial charge in [-0.3, -0.25) is 4.79 Å². The molecule has 152 valence electrons. The Morgan fingerprint density at radius 1 is 1.14 bits per heavy atom. The van der Waals surface area contributed by atoms with Crippen LogP contribution in [0.2, 0.25) is 10.0 Å². The molecule has 0 bridgehead atoms. The molecule has 0 aliphatic heterocycles. The first-order valence-electron chi connectivity index (χ1n) is 8.51. The molecule has 29 heavy (non-hydrogen) atoms. The summed E-state index contributed by atoms with van der Waals surface area (Å²) >= 11 is 12.4. The summed E-state index contributed by atoms with van der Waals surface area (Å²) in [6, 6.07) is 8.08. The Kier molecular flexibility index (Phi) is 5.91. The first kappa shape index (κ1) is 20.8. The maximum absolute atomic E-state index is 12.3. The van der Waals surface area contributed by atoms with Crippen LogP contribution in [0.25, 0.3) is 10.9 Å². The number of aromatic nitrogens is 1. The third-order valence-corrected chi connectivity index (χ3v) is 5.21. The number of carbonyl (C=O) groups is 2. The lowest BCUT2D eigenvalue weighted by Gasteiger charge is -2.17. The van der Waals surface area contributed by atoms with Gasteiger partial charge in [-0.25, -0.2) is 4.79 Å². The number of carboxylic acids is 1. The van der Waals surface area contributed by atoms with Crippen molar-refractivity contribution in [2.24, 2.45) is 5.73 Å². The average molecular weight is 437 g/mol. The molecule has 1 atom stereocenters. The van der Waals surface area contributed by atoms with Crippen LogP contribution in [0.5, 0.6) is 11.5 Å². The number of hydrogen-bond donors (Lipinski definition) is 3. The molecule has 0 aliphatic rings. The van der Waals surface area contributed by atoms with Crippen molar-refractivity contribution in [1.29, 1.82) is 0 Å². The Morgan fingerprint density at radius 3 is 2.41 bits per heavy atom. The summed E-state index contributed by atoms with van der Waals surface area (Å²) in [6.45, 7) is 0. The number of primary amides is 1. The van der Waals surface area contributed by atoms with Crippen molar-refractivity contribution in [2.75, 3.05) is 14.2 Å². The topological polar surface area (TPSA) is 115 Å². The Labute approximate surface area is 176 Å². The SMILES string of the molecule is COc1ccc(C(Cc2c(C(=O)O)[nH]c3cc(Cl)cc(Cl)c23)C(N)=O)cc1OC. The molecule has 1 heterocycles. The number of benzene rings is 2. The molecule has 0 aliphatic carbocycles. The number of rotatable bonds is 7. The van der Waals surface area contributed by atoms with E-state index in [-0.39, 0.29) is 17.1 Å². The standard InChI is InChI=1S/C20H18Cl2N2O5/c1-28-15-4-3-9(5-16(15)29-2)11(19(23)25)8-12-17-13(22)6-10(21)7-14(17)24-18(12)20(26)27/h3-7,11,24H,8H2,1-2H3,(H2,23,25)(H,26,27). The molecule has 0 saturated heterocycles. The molecule has 0 saturated carbocycles. The molecule has 0 fully saturated rings. The second-order valence-corrected chi connectivity index (χ2v) is 7.21. The molecular weight excluding hydrogens is 419 g/mol. The Balaban J connectivity index is 2.15. The van der Waals surface area contributed by atoms with Crippen LogP contribution in [-0.4, -0.2) is 36.2 Å². The molecular formula is C20H18Cl2N2O5. The van der Waals surface area contributed by atoms with Gasteiger partial charge in [0.05, 0.1) is 25.2 Å². The highest BCUT2D eigenvalue weighted by Crippen LogP contribution is 2.37. The molecule has 0 spiro atoms. The summed E-state index contributed by atoms with van der Waals surface area (Å²) < 4.78 is 10.5. The third kappa shape index (κ3) is 3.97. The molecule has 2 aromatic carbocycles. The predicted molar refractivity (Wildman–Crippen MR) is 110 cm³/mol. The minimum absolute atomic E-state index is 0.0216. The summed E-state index contributed by atoms with van der Waals surface area (Å²) in [5.41, 5.74) is 6.98. The fraction of sp³-hybridized carbons (Fsp3) is 0.200. The van der Waals surface area contributed by atoms with E-state index >= 15 is 0 Å². The summed E-state index contributed by atoms with van der Waals surface area (Å²) in [7, 11) is 2.98. The summed E-state index contributed by atoms with van der Waals surface area (Å²) in [5, 5.41) is 10.8. The van der Waals surface area contributed by atoms with Crippen molar-refractivity contribution < 1.29 is 24.2 Å². The Hall–Kier alpha value is -2.90. The highest BCUT2D eigenvalue weighted by atomic mass is 35.5. The number of aromatic carboxylic acids is 1. The summed E-state index contributed by atoms with van der Waals surface area (Å²) in [6.07, 6.45) is 0.0216. The molecule has 1 unspecified atom stereocenters. The third-order valence-electron chi connectivity index (χ3n) is 4.69. The van der Waals surface area contributed by atoms with E-state index in [0.29, 0.717) is 38.6 Å². The minimum atomic E-state index is -1.18. The molecule has 1 amide bonds. The molecule has 9 heteroatoms. The van der Waals surface area contributed by atoms with Crippen LogP contribution in [0.1, 0.15) is 27.5 Å². The van der Waals surface area contributed by atoms with Crippen LogP contribution in [-0.2, 0) is 11.2 Å². The van der Waals surface area contributed by atoms with Gasteiger partial charge in [-0.2, -0.15) is 0 Å². The Bertz CT molecular complexity index is 1110. The molecule has 3 rings (SSSR count). The van der Waals surface area contributed by atoms with Gasteiger partial charge in [0.15, 0.2) is 11.5 Å². The largest absolute Gasteiger partial charge is 0.493 e. The van der Waals surface area contributed by atoms with Gasteiger partial charge >= 0.3 is 5.97 Å². The van der Waals surface area contributed by atoms with Crippen LogP contribution in [0, 0.1) is 0 Å². The first-order chi connectivity index (χ1) is 13.8. The van der Waals surface area contributed by atoms with Crippen LogP contribution >= 0.6 is 23.2 Å². The van der Waals surface area contributed by atoms with Crippen molar-refractivity contribution in [2.45, 2.75) is 12.3 Å². The smallest absolute Gasteiger partial charge is 0.352 e. The zero-order chi connectivity index (χ0) is 21.3. The van der Waals surface area contributed by atoms with Gasteiger partial charge in [-0.1, -0.05) is 29.3 Å². The number of amides is 1. The number of fused-ring (bicyclic) bond motifs is 1. The number of halogens is 2. The van der Waals surface area contributed by atoms with E-state index in [2.05, 4.69) is 4.98 Å². The lowest BCUT2D eigenvalue weighted by molar-refractivity contribution is -0.119. The monoisotopic (exact) mass is 436 g/mol. The fourth-order valence-corrected chi connectivity index (χ4v) is 3.96. The minimum Gasteiger partial charge on any atom is -0.493 e. The average Bonchev–Trinajstić information content (AvgIpc) is 3.04. The number of aromatic amines is 1. The van der Waals surface area contributed by atoms with Gasteiger partial charge in [-0.15, -0.1) is 0 Å². The van der Waals surface area contributed by atoms with E-state index in [1.54, 1.807) is 24.3 Å². The van der Waals surface area contributed by atoms with Gasteiger partial charge in [-0.05, 0) is 41.8 Å². The predicted octanol–water partition coefficient (Wildman–Crippen LogP) is 4.00. The summed E-state index contributed by atoms with van der Waals surface area (Å²) in [4.78, 5) is 26.9. The highest BCUT2D eigenvalue weighted by Gasteiger charge is 2.27. The van der Waals surface area contributed by atoms with Gasteiger partial charge in [0.1, 0.15) is 5.69 Å². The van der Waals surface area contributed by atoms with Crippen molar-refractivity contribution >= 4 is 46.0 Å². The lowest BCUT2D eigenvalue weighted by Crippen LogP contribution is -2.24. The van der Waals surface area contributed by atoms with E-state index in [1.165, 1.54) is 20.3 Å². The van der Waals surface area contributed by atoms with Crippen molar-refractivity contribution in [1.82, 2.24) is 4.98 Å². The zero-order valence-electron chi connectivity index (χ0n) is 15.6. The molecule has 4 N–H and O–H groups in total. The van der Waals surface area contributed by atoms with Crippen LogP contribution < -0.4 is 15.2 Å². The molecule has 0 radical (unpaired) electrons. The van der Waals surface area contributed by atoms with Crippen molar-refractivity contribution in [3.8, 4) is 11.5 Å². The number of hydrogen-bond acceptors (Lipinski definition) is 4. The van der Waals surface area contributed by atoms with Gasteiger partial charge in [0.2, 0.25) is 5.91 Å². The summed E-state index contributed by atoms with van der Waals surface area (Å²) in [5.74, 6) is -1.69. The number of methoxy groups -OCH3 is 2. The second kappa shape index (κ2) is 8.23. The van der Waals surface area contributed by atoms with E-state index in [4.69, 9.17) is 38.4 Å². The number of carboxylic acid groups (broad SMARTS) is 1. The Morgan fingerprint density at radius 2 is 1.83 bits per heavy atom. The van der Waals surface area contributed by atoms with Gasteiger partial charge < -0.3 is 25.3 Å². The van der Waals surface area contributed by atoms with E-state index in [0.717, 1.165) is 0 Å². The first-order valence-corrected chi connectivity index (χ1v) is 9.26. The number of ether oxygens (including phenoxy) is 2. The van der Waals surface area contributed by atoms with Crippen molar-refractivity contribution in [3.63, 3.8) is 0 Å². The maximum Gasteiger partial charge on any atom is 0.352 e. The van der Waals surface area contributed by atoms with Gasteiger partial charge in [0, 0.05) is 15.9 Å². The molecule has 7 nitrogen and oxygen atoms in total. The van der Waals surface area contributed by atoms with E-state index in [1.807, 2.05) is 0 Å². The lowest BCUT2D eigenvalue weighted by atomic mass is 9.89. The highest BCUT2D eigenvalue weighted by molar-refractivity contribution is 6.39. The van der Waals surface area contributed by atoms with Gasteiger partial charge in [0.25, 0.3) is 0 Å². The number of H-pyrrole nitrogens is 1. The van der Waals surface area contributed by atoms with E-state index < -0.39 is 17.8 Å². The maximum atomic E-state index is 12.3. The van der Waals surface area contributed by atoms with Crippen LogP contribution in [0.3, 0.4) is 0 Å². The fourth-order valence-electron chi connectivity index (χ4n) is 3.36. The second-order valence-electron chi connectivity index (χ2n) is 6.37. The van der Waals surface area contributed by atoms with Crippen LogP contribution in [0.15, 0.2) is 30.3 Å². The number of carbonyl (C=O) groups excluding carboxylic acids is 1. The number of nitrogens with two attached hydrogens (primary N) is 1. The quantitative estimate of drug-likeness (QED) is 0.517. The van der Waals surface area contributed by atoms with Crippen molar-refractivity contribution in [3.05, 3.63) is 57.2 Å². The normalized spacial score (nSPS) is 12.0.